The lowest BCUT2D eigenvalue weighted by molar-refractivity contribution is -0.139. The second-order valence-electron chi connectivity index (χ2n) is 6.94. The monoisotopic (exact) mass is 480 g/mol. The Balaban J connectivity index is 1.39. The third-order valence-corrected chi connectivity index (χ3v) is 5.98. The van der Waals surface area contributed by atoms with E-state index in [2.05, 4.69) is 41.6 Å². The highest BCUT2D eigenvalue weighted by Crippen LogP contribution is 2.30. The summed E-state index contributed by atoms with van der Waals surface area (Å²) < 4.78 is 17.3. The van der Waals surface area contributed by atoms with Crippen LogP contribution >= 0.6 is 22.6 Å². The van der Waals surface area contributed by atoms with Crippen LogP contribution in [-0.2, 0) is 16.1 Å². The summed E-state index contributed by atoms with van der Waals surface area (Å²) in [5.74, 6) is 1.16. The maximum atomic E-state index is 12.2. The number of esters is 1. The molecule has 0 aromatic heterocycles. The van der Waals surface area contributed by atoms with E-state index in [1.165, 1.54) is 5.56 Å². The lowest BCUT2D eigenvalue weighted by Crippen LogP contribution is -2.25. The maximum Gasteiger partial charge on any atom is 0.314 e. The summed E-state index contributed by atoms with van der Waals surface area (Å²) in [6.07, 6.45) is 4.03. The Morgan fingerprint density at radius 2 is 1.59 bits per heavy atom. The van der Waals surface area contributed by atoms with Gasteiger partial charge in [-0.05, 0) is 62.4 Å². The lowest BCUT2D eigenvalue weighted by Gasteiger charge is -2.23. The molecule has 0 bridgehead atoms. The number of benzene rings is 2. The summed E-state index contributed by atoms with van der Waals surface area (Å²) in [5, 5.41) is 0. The number of carbonyl (C=O) groups excluding carboxylic acids is 1. The standard InChI is InChI=1S/C22H25IO4/c1-16-2-4-17(5-3-16)14-25-15-26-20-10-12-21(13-11-20)27-22(24)18-6-8-19(23)9-7-18/h2-5,10-13,18-19H,6-9,14-15H2,1H3. The number of carbonyl (C=O) groups is 1. The van der Waals surface area contributed by atoms with Gasteiger partial charge in [-0.1, -0.05) is 52.4 Å². The Bertz CT molecular complexity index is 719. The molecule has 1 aliphatic rings. The second kappa shape index (κ2) is 10.1. The summed E-state index contributed by atoms with van der Waals surface area (Å²) in [4.78, 5) is 12.2. The van der Waals surface area contributed by atoms with Gasteiger partial charge >= 0.3 is 5.97 Å². The number of alkyl halides is 1. The number of hydrogen-bond acceptors (Lipinski definition) is 4. The molecular formula is C22H25IO4. The zero-order valence-corrected chi connectivity index (χ0v) is 17.7. The van der Waals surface area contributed by atoms with Crippen LogP contribution in [0.3, 0.4) is 0 Å². The molecule has 2 aromatic carbocycles. The molecule has 0 N–H and O–H groups in total. The van der Waals surface area contributed by atoms with E-state index in [1.54, 1.807) is 24.3 Å². The fourth-order valence-electron chi connectivity index (χ4n) is 3.05. The van der Waals surface area contributed by atoms with Crippen LogP contribution in [0.1, 0.15) is 36.8 Å². The van der Waals surface area contributed by atoms with Gasteiger partial charge < -0.3 is 14.2 Å². The van der Waals surface area contributed by atoms with Crippen molar-refractivity contribution in [1.29, 1.82) is 0 Å². The molecule has 0 spiro atoms. The molecule has 27 heavy (non-hydrogen) atoms. The molecule has 5 heteroatoms. The van der Waals surface area contributed by atoms with Crippen LogP contribution in [0.2, 0.25) is 0 Å². The third kappa shape index (κ3) is 6.50. The van der Waals surface area contributed by atoms with Crippen LogP contribution < -0.4 is 9.47 Å². The van der Waals surface area contributed by atoms with E-state index in [9.17, 15) is 4.79 Å². The van der Waals surface area contributed by atoms with Crippen molar-refractivity contribution in [3.63, 3.8) is 0 Å². The summed E-state index contributed by atoms with van der Waals surface area (Å²) in [7, 11) is 0. The quantitative estimate of drug-likeness (QED) is 0.132. The Hall–Kier alpha value is -1.60. The van der Waals surface area contributed by atoms with E-state index >= 15 is 0 Å². The SMILES string of the molecule is Cc1ccc(COCOc2ccc(OC(=O)C3CCC(I)CC3)cc2)cc1. The Labute approximate surface area is 174 Å². The maximum absolute atomic E-state index is 12.2. The predicted molar refractivity (Wildman–Crippen MR) is 113 cm³/mol. The van der Waals surface area contributed by atoms with Crippen molar-refractivity contribution in [2.24, 2.45) is 5.92 Å². The van der Waals surface area contributed by atoms with Crippen LogP contribution in [0.15, 0.2) is 48.5 Å². The number of rotatable bonds is 7. The van der Waals surface area contributed by atoms with Gasteiger partial charge in [0.25, 0.3) is 0 Å². The summed E-state index contributed by atoms with van der Waals surface area (Å²) in [6, 6.07) is 15.3. The number of halogens is 1. The van der Waals surface area contributed by atoms with Gasteiger partial charge in [-0.25, -0.2) is 0 Å². The first-order chi connectivity index (χ1) is 13.1. The Kier molecular flexibility index (Phi) is 7.52. The molecule has 0 aliphatic heterocycles. The predicted octanol–water partition coefficient (Wildman–Crippen LogP) is 5.45. The van der Waals surface area contributed by atoms with Crippen LogP contribution in [-0.4, -0.2) is 16.7 Å². The van der Waals surface area contributed by atoms with Crippen molar-refractivity contribution in [3.8, 4) is 11.5 Å². The van der Waals surface area contributed by atoms with Gasteiger partial charge in [-0.2, -0.15) is 0 Å². The van der Waals surface area contributed by atoms with E-state index in [4.69, 9.17) is 14.2 Å². The molecule has 0 saturated heterocycles. The van der Waals surface area contributed by atoms with E-state index < -0.39 is 0 Å². The van der Waals surface area contributed by atoms with Gasteiger partial charge in [0.05, 0.1) is 12.5 Å². The highest BCUT2D eigenvalue weighted by molar-refractivity contribution is 14.1. The smallest absolute Gasteiger partial charge is 0.314 e. The molecule has 0 heterocycles. The molecule has 1 fully saturated rings. The van der Waals surface area contributed by atoms with Crippen LogP contribution in [0.5, 0.6) is 11.5 Å². The van der Waals surface area contributed by atoms with E-state index in [0.29, 0.717) is 22.0 Å². The van der Waals surface area contributed by atoms with Crippen molar-refractivity contribution in [3.05, 3.63) is 59.7 Å². The minimum atomic E-state index is -0.117. The zero-order valence-electron chi connectivity index (χ0n) is 15.5. The molecule has 0 radical (unpaired) electrons. The molecule has 144 valence electrons. The van der Waals surface area contributed by atoms with Gasteiger partial charge in [0.2, 0.25) is 0 Å². The van der Waals surface area contributed by atoms with Gasteiger partial charge in [0.15, 0.2) is 6.79 Å². The number of aryl methyl sites for hydroxylation is 1. The van der Waals surface area contributed by atoms with Crippen molar-refractivity contribution >= 4 is 28.6 Å². The van der Waals surface area contributed by atoms with Crippen molar-refractivity contribution in [1.82, 2.24) is 0 Å². The van der Waals surface area contributed by atoms with Gasteiger partial charge in [-0.3, -0.25) is 4.79 Å². The van der Waals surface area contributed by atoms with E-state index in [-0.39, 0.29) is 18.7 Å². The topological polar surface area (TPSA) is 44.8 Å². The normalized spacial score (nSPS) is 19.5. The van der Waals surface area contributed by atoms with Crippen LogP contribution in [0, 0.1) is 12.8 Å². The number of ether oxygens (including phenoxy) is 3. The summed E-state index contributed by atoms with van der Waals surface area (Å²) in [6.45, 7) is 2.74. The largest absolute Gasteiger partial charge is 0.468 e. The fourth-order valence-corrected chi connectivity index (χ4v) is 3.76. The minimum Gasteiger partial charge on any atom is -0.468 e. The van der Waals surface area contributed by atoms with Gasteiger partial charge in [0.1, 0.15) is 11.5 Å². The second-order valence-corrected chi connectivity index (χ2v) is 8.70. The highest BCUT2D eigenvalue weighted by Gasteiger charge is 2.26. The van der Waals surface area contributed by atoms with Crippen molar-refractivity contribution < 1.29 is 19.0 Å². The van der Waals surface area contributed by atoms with Crippen molar-refractivity contribution in [2.75, 3.05) is 6.79 Å². The average Bonchev–Trinajstić information content (AvgIpc) is 2.68. The lowest BCUT2D eigenvalue weighted by atomic mass is 9.89. The third-order valence-electron chi connectivity index (χ3n) is 4.73. The van der Waals surface area contributed by atoms with E-state index in [1.807, 2.05) is 12.1 Å². The first kappa shape index (κ1) is 20.1. The Morgan fingerprint density at radius 3 is 2.26 bits per heavy atom. The molecule has 1 saturated carbocycles. The molecule has 0 unspecified atom stereocenters. The molecule has 0 atom stereocenters. The zero-order chi connectivity index (χ0) is 19.1. The molecular weight excluding hydrogens is 455 g/mol. The Morgan fingerprint density at radius 1 is 0.963 bits per heavy atom. The van der Waals surface area contributed by atoms with Gasteiger partial charge in [-0.15, -0.1) is 0 Å². The highest BCUT2D eigenvalue weighted by atomic mass is 127. The number of hydrogen-bond donors (Lipinski definition) is 0. The summed E-state index contributed by atoms with van der Waals surface area (Å²) in [5.41, 5.74) is 2.34. The van der Waals surface area contributed by atoms with Crippen LogP contribution in [0.4, 0.5) is 0 Å². The summed E-state index contributed by atoms with van der Waals surface area (Å²) >= 11 is 2.46. The van der Waals surface area contributed by atoms with E-state index in [0.717, 1.165) is 31.2 Å². The molecule has 0 amide bonds. The minimum absolute atomic E-state index is 0.0297. The first-order valence-corrected chi connectivity index (χ1v) is 10.6. The first-order valence-electron chi connectivity index (χ1n) is 9.32. The van der Waals surface area contributed by atoms with Gasteiger partial charge in [0, 0.05) is 3.92 Å². The van der Waals surface area contributed by atoms with Crippen LogP contribution in [0.25, 0.3) is 0 Å². The molecule has 2 aromatic rings. The molecule has 4 nitrogen and oxygen atoms in total. The molecule has 1 aliphatic carbocycles. The average molecular weight is 480 g/mol. The van der Waals surface area contributed by atoms with Crippen molar-refractivity contribution in [2.45, 2.75) is 43.1 Å². The fraction of sp³-hybridized carbons (Fsp3) is 0.409. The molecule has 3 rings (SSSR count).